The molecule has 13 atom stereocenters. The number of carbonyl (C=O) groups is 11. The third-order valence-electron chi connectivity index (χ3n) is 18.6. The number of aliphatic hydroxyl groups is 1. The number of likely N-dealkylation sites (N-methyl/N-ethyl adjacent to an activating group) is 7. The van der Waals surface area contributed by atoms with Crippen molar-refractivity contribution in [2.75, 3.05) is 69.0 Å². The molecule has 2 rings (SSSR count). The number of amides is 11. The van der Waals surface area contributed by atoms with Crippen LogP contribution in [0.15, 0.2) is 12.2 Å². The average Bonchev–Trinajstić information content (AvgIpc) is 0.975. The van der Waals surface area contributed by atoms with E-state index in [1.54, 1.807) is 33.8 Å². The Morgan fingerprint density at radius 1 is 0.553 bits per heavy atom. The van der Waals surface area contributed by atoms with Crippen molar-refractivity contribution in [2.24, 2.45) is 41.4 Å². The van der Waals surface area contributed by atoms with Crippen LogP contribution in [-0.2, 0) is 52.7 Å². The van der Waals surface area contributed by atoms with Gasteiger partial charge in [0.2, 0.25) is 59.1 Å². The van der Waals surface area contributed by atoms with Crippen molar-refractivity contribution < 1.29 is 57.8 Å². The fraction of sp³-hybridized carbons (Fsp3) is 0.812. The average molecular weight is 1350 g/mol. The van der Waals surface area contributed by atoms with Gasteiger partial charge in [0.15, 0.2) is 4.87 Å². The summed E-state index contributed by atoms with van der Waals surface area (Å²) in [5.41, 5.74) is 0. The van der Waals surface area contributed by atoms with Crippen molar-refractivity contribution in [3.8, 4) is 0 Å². The lowest BCUT2D eigenvalue weighted by atomic mass is 9.91. The van der Waals surface area contributed by atoms with E-state index in [1.807, 2.05) is 82.2 Å². The smallest absolute Gasteiger partial charge is 0.259 e. The van der Waals surface area contributed by atoms with Gasteiger partial charge in [0.25, 0.3) is 5.91 Å². The molecule has 0 spiro atoms. The highest BCUT2D eigenvalue weighted by molar-refractivity contribution is 8.02. The number of carbonyl (C=O) groups excluding carboxylic acids is 11. The summed E-state index contributed by atoms with van der Waals surface area (Å²) in [5, 5.41) is 23.5. The molecule has 2 saturated heterocycles. The largest absolute Gasteiger partial charge is 0.390 e. The van der Waals surface area contributed by atoms with Gasteiger partial charge in [-0.1, -0.05) is 109 Å². The van der Waals surface area contributed by atoms with Gasteiger partial charge in [0, 0.05) is 67.2 Å². The molecule has 2 aliphatic rings. The number of hydrogen-bond donors (Lipinski definition) is 5. The van der Waals surface area contributed by atoms with Crippen molar-refractivity contribution in [1.29, 1.82) is 0 Å². The Kier molecular flexibility index (Phi) is 33.7. The fourth-order valence-corrected chi connectivity index (χ4v) is 14.2. The van der Waals surface area contributed by atoms with Gasteiger partial charge < -0.3 is 60.7 Å². The van der Waals surface area contributed by atoms with Crippen LogP contribution >= 0.6 is 11.8 Å². The molecule has 0 aromatic heterocycles. The second kappa shape index (κ2) is 37.6. The van der Waals surface area contributed by atoms with Gasteiger partial charge in [-0.3, -0.25) is 57.6 Å². The topological polar surface area (TPSA) is 282 Å². The van der Waals surface area contributed by atoms with Crippen LogP contribution in [0.1, 0.15) is 176 Å². The predicted octanol–water partition coefficient (Wildman–Crippen LogP) is 4.81. The van der Waals surface area contributed by atoms with Crippen LogP contribution in [-0.4, -0.2) is 255 Å². The molecule has 1 unspecified atom stereocenters. The van der Waals surface area contributed by atoms with E-state index in [0.717, 1.165) is 4.90 Å². The highest BCUT2D eigenvalue weighted by Gasteiger charge is 2.56. The van der Waals surface area contributed by atoms with Crippen molar-refractivity contribution in [1.82, 2.24) is 60.5 Å². The Morgan fingerprint density at radius 2 is 1.02 bits per heavy atom. The van der Waals surface area contributed by atoms with Gasteiger partial charge in [0.05, 0.1) is 12.6 Å². The number of aliphatic hydroxyl groups excluding tert-OH is 1. The van der Waals surface area contributed by atoms with Crippen molar-refractivity contribution in [3.05, 3.63) is 12.2 Å². The predicted molar refractivity (Wildman–Crippen MR) is 370 cm³/mol. The maximum atomic E-state index is 16.4. The molecule has 11 amide bonds. The number of nitrogens with one attached hydrogen (secondary N) is 4. The summed E-state index contributed by atoms with van der Waals surface area (Å²) >= 11 is 1.31. The molecule has 2 fully saturated rings. The summed E-state index contributed by atoms with van der Waals surface area (Å²) in [7, 11) is 10.2. The summed E-state index contributed by atoms with van der Waals surface area (Å²) < 4.78 is 0. The summed E-state index contributed by atoms with van der Waals surface area (Å²) in [6.07, 6.45) is 3.65. The molecule has 2 aliphatic heterocycles. The zero-order chi connectivity index (χ0) is 72.5. The maximum Gasteiger partial charge on any atom is 0.259 e. The molecule has 2 heterocycles. The molecule has 0 bridgehead atoms. The summed E-state index contributed by atoms with van der Waals surface area (Å²) in [4.78, 5) is 174. The highest BCUT2D eigenvalue weighted by Crippen LogP contribution is 2.45. The Bertz CT molecular complexity index is 2620. The highest BCUT2D eigenvalue weighted by atomic mass is 32.2. The number of nitrogens with zero attached hydrogens (tertiary/aromatic N) is 8. The lowest BCUT2D eigenvalue weighted by Gasteiger charge is -2.49. The number of hydrogen-bond acceptors (Lipinski definition) is 14. The lowest BCUT2D eigenvalue weighted by Crippen LogP contribution is -2.68. The quantitative estimate of drug-likeness (QED) is 0.115. The van der Waals surface area contributed by atoms with Crippen LogP contribution < -0.4 is 21.3 Å². The molecule has 25 heteroatoms. The number of likely N-dealkylation sites (tertiary alicyclic amines) is 1. The van der Waals surface area contributed by atoms with Crippen molar-refractivity contribution in [3.63, 3.8) is 0 Å². The van der Waals surface area contributed by atoms with Crippen LogP contribution in [0.3, 0.4) is 0 Å². The van der Waals surface area contributed by atoms with Crippen LogP contribution in [0, 0.1) is 41.4 Å². The van der Waals surface area contributed by atoms with Gasteiger partial charge in [-0.2, -0.15) is 0 Å². The lowest BCUT2D eigenvalue weighted by molar-refractivity contribution is -0.159. The van der Waals surface area contributed by atoms with E-state index in [9.17, 15) is 38.7 Å². The number of thioether (sulfide) groups is 1. The molecule has 24 nitrogen and oxygen atoms in total. The van der Waals surface area contributed by atoms with Gasteiger partial charge in [-0.25, -0.2) is 0 Å². The second-order valence-corrected chi connectivity index (χ2v) is 30.8. The summed E-state index contributed by atoms with van der Waals surface area (Å²) in [5.74, 6) is -9.83. The van der Waals surface area contributed by atoms with Crippen LogP contribution in [0.4, 0.5) is 0 Å². The summed E-state index contributed by atoms with van der Waals surface area (Å²) in [6.45, 7) is 35.2. The Morgan fingerprint density at radius 3 is 1.49 bits per heavy atom. The minimum Gasteiger partial charge on any atom is -0.390 e. The van der Waals surface area contributed by atoms with Crippen LogP contribution in [0.25, 0.3) is 0 Å². The molecule has 94 heavy (non-hydrogen) atoms. The first-order chi connectivity index (χ1) is 43.5. The Labute approximate surface area is 568 Å². The van der Waals surface area contributed by atoms with E-state index in [0.29, 0.717) is 25.9 Å². The van der Waals surface area contributed by atoms with E-state index in [4.69, 9.17) is 0 Å². The maximum absolute atomic E-state index is 16.4. The molecule has 0 saturated carbocycles. The SMILES string of the molecule is C/C=C/C[C@@H](C)[C@@H](O)[C@H]1C(=O)N[C@@H](CC)C(=O)N(C)CC(=O)N(C)[C@@H](CC(C)C)C(=O)N[C@@H](C(C)C)C(=O)N(C)[C@@H](CC(C)C)C(=O)N[C@@H](C)C(=O)N[C@H](C)C(=O)N(C)[C@@H](CC(C)C)C(=O)N(C)[C@@H](CC(C)C)C(=O)N(C)[C@](SC2CCN(C(C)C)C2)(C(C)C)C(=O)N1C. The molecule has 5 N–H and O–H groups in total. The zero-order valence-electron chi connectivity index (χ0n) is 62.1. The van der Waals surface area contributed by atoms with E-state index in [2.05, 4.69) is 40.0 Å². The van der Waals surface area contributed by atoms with E-state index < -0.39 is 155 Å². The van der Waals surface area contributed by atoms with E-state index >= 15 is 19.2 Å². The molecule has 0 radical (unpaired) electrons. The molecular formula is C69H124N12O12S. The van der Waals surface area contributed by atoms with E-state index in [-0.39, 0.29) is 67.1 Å². The minimum atomic E-state index is -1.81. The third-order valence-corrected chi connectivity index (χ3v) is 20.6. The molecule has 538 valence electrons. The van der Waals surface area contributed by atoms with Crippen LogP contribution in [0.5, 0.6) is 0 Å². The van der Waals surface area contributed by atoms with Gasteiger partial charge in [0.1, 0.15) is 54.4 Å². The Balaban J connectivity index is 3.16. The zero-order valence-corrected chi connectivity index (χ0v) is 62.9. The first-order valence-electron chi connectivity index (χ1n) is 34.2. The molecule has 0 aliphatic carbocycles. The van der Waals surface area contributed by atoms with Crippen LogP contribution in [0.2, 0.25) is 0 Å². The van der Waals surface area contributed by atoms with Gasteiger partial charge in [-0.05, 0) is 128 Å². The Hall–Kier alpha value is -5.82. The molecular weight excluding hydrogens is 1220 g/mol. The molecule has 0 aromatic rings. The second-order valence-electron chi connectivity index (χ2n) is 29.3. The first kappa shape index (κ1) is 84.3. The minimum absolute atomic E-state index is 0.0141. The van der Waals surface area contributed by atoms with Gasteiger partial charge in [-0.15, -0.1) is 11.8 Å². The number of allylic oxidation sites excluding steroid dienone is 2. The van der Waals surface area contributed by atoms with E-state index in [1.165, 1.54) is 104 Å². The van der Waals surface area contributed by atoms with Crippen molar-refractivity contribution >= 4 is 76.7 Å². The normalized spacial score (nSPS) is 28.2. The summed E-state index contributed by atoms with van der Waals surface area (Å²) in [6, 6.07) is -11.1. The monoisotopic (exact) mass is 1340 g/mol. The third kappa shape index (κ3) is 22.1. The fourth-order valence-electron chi connectivity index (χ4n) is 12.4. The number of rotatable bonds is 18. The first-order valence-corrected chi connectivity index (χ1v) is 35.1. The molecule has 0 aromatic carbocycles. The van der Waals surface area contributed by atoms with Crippen molar-refractivity contribution in [2.45, 2.75) is 253 Å². The van der Waals surface area contributed by atoms with Gasteiger partial charge >= 0.3 is 0 Å². The standard InChI is InChI=1S/C69H124N12O12S/c1-27-29-30-46(17)58(83)57-62(87)72-50(28-2)64(89)74(20)38-55(82)75(21)51(33-39(3)4)61(86)73-56(43(11)12)67(92)76(22)52(34-40(5)6)60(85)70-47(18)59(84)71-48(19)63(88)77(23)53(35-41(7)8)65(90)78(24)54(36-42(9)10)66(91)80(26)69(44(13)14,68(93)79(57)25)94-49-31-32-81(37-49)45(15)16/h27,29,39-54,56-58,83H,28,30-38H2,1-26H3,(H,70,85)(H,71,84)(H,72,87)(H,73,86)/b29-27+/t46-,47+,48-,49?,50+,51+,52+,53+,54+,56+,57+,58-,69+/m1/s1.